The number of halogens is 7. The molecule has 0 aliphatic carbocycles. The number of aryl methyl sites for hydroxylation is 1. The molecule has 3 rings (SSSR count). The predicted molar refractivity (Wildman–Crippen MR) is 133 cm³/mol. The number of carbonyl (C=O) groups excluding carboxylic acids is 2. The third-order valence-corrected chi connectivity index (χ3v) is 6.75. The summed E-state index contributed by atoms with van der Waals surface area (Å²) in [7, 11) is 1.42. The second kappa shape index (κ2) is 11.3. The fourth-order valence-electron chi connectivity index (χ4n) is 4.86. The Bertz CT molecular complexity index is 1220. The normalized spacial score (nSPS) is 18.4. The lowest BCUT2D eigenvalue weighted by molar-refractivity contribution is -0.143. The zero-order valence-corrected chi connectivity index (χ0v) is 22.7. The number of ether oxygens (including phenoxy) is 1. The van der Waals surface area contributed by atoms with Gasteiger partial charge in [0.25, 0.3) is 0 Å². The lowest BCUT2D eigenvalue weighted by Gasteiger charge is -2.43. The van der Waals surface area contributed by atoms with Crippen LogP contribution in [0.3, 0.4) is 0 Å². The summed E-state index contributed by atoms with van der Waals surface area (Å²) in [6, 6.07) is 4.60. The van der Waals surface area contributed by atoms with E-state index < -0.39 is 70.8 Å². The SMILES string of the molecule is Cc1cc(F)ccc1[C@@H]1CN(C(=O)OC(C)(C)C)CC[C@H]1N(C)C(=O)Cc1cc(C(F)(F)F)cc(C(F)(F)F)c1. The molecule has 2 amide bonds. The zero-order valence-electron chi connectivity index (χ0n) is 22.7. The largest absolute Gasteiger partial charge is 0.444 e. The molecule has 12 heteroatoms. The topological polar surface area (TPSA) is 49.9 Å². The molecule has 220 valence electrons. The Labute approximate surface area is 227 Å². The summed E-state index contributed by atoms with van der Waals surface area (Å²) in [5.74, 6) is -1.71. The van der Waals surface area contributed by atoms with Crippen LogP contribution in [0.4, 0.5) is 35.5 Å². The summed E-state index contributed by atoms with van der Waals surface area (Å²) in [6.07, 6.45) is -11.1. The molecule has 5 nitrogen and oxygen atoms in total. The van der Waals surface area contributed by atoms with E-state index in [1.165, 1.54) is 29.0 Å². The first-order valence-corrected chi connectivity index (χ1v) is 12.5. The summed E-state index contributed by atoms with van der Waals surface area (Å²) in [5.41, 5.74) is -2.98. The minimum atomic E-state index is -5.04. The van der Waals surface area contributed by atoms with Crippen LogP contribution < -0.4 is 0 Å². The smallest absolute Gasteiger partial charge is 0.416 e. The Hall–Kier alpha value is -3.31. The van der Waals surface area contributed by atoms with Gasteiger partial charge >= 0.3 is 18.4 Å². The van der Waals surface area contributed by atoms with Crippen LogP contribution >= 0.6 is 0 Å². The highest BCUT2D eigenvalue weighted by Crippen LogP contribution is 2.37. The van der Waals surface area contributed by atoms with Gasteiger partial charge in [-0.15, -0.1) is 0 Å². The number of carbonyl (C=O) groups is 2. The van der Waals surface area contributed by atoms with Gasteiger partial charge in [0.1, 0.15) is 11.4 Å². The van der Waals surface area contributed by atoms with Crippen LogP contribution in [0.2, 0.25) is 0 Å². The van der Waals surface area contributed by atoms with Crippen LogP contribution in [-0.4, -0.2) is 53.6 Å². The number of likely N-dealkylation sites (N-methyl/N-ethyl adjacent to an activating group) is 1. The fraction of sp³-hybridized carbons (Fsp3) is 0.500. The van der Waals surface area contributed by atoms with Crippen molar-refractivity contribution in [1.82, 2.24) is 9.80 Å². The van der Waals surface area contributed by atoms with E-state index in [1.54, 1.807) is 33.8 Å². The first kappa shape index (κ1) is 31.2. The first-order chi connectivity index (χ1) is 18.3. The maximum absolute atomic E-state index is 13.9. The second-order valence-electron chi connectivity index (χ2n) is 11.0. The van der Waals surface area contributed by atoms with Crippen LogP contribution in [0, 0.1) is 12.7 Å². The van der Waals surface area contributed by atoms with Gasteiger partial charge in [-0.3, -0.25) is 4.79 Å². The highest BCUT2D eigenvalue weighted by Gasteiger charge is 2.40. The van der Waals surface area contributed by atoms with Crippen molar-refractivity contribution in [3.8, 4) is 0 Å². The fourth-order valence-corrected chi connectivity index (χ4v) is 4.86. The van der Waals surface area contributed by atoms with Gasteiger partial charge in [-0.2, -0.15) is 26.3 Å². The van der Waals surface area contributed by atoms with Gasteiger partial charge in [-0.05, 0) is 81.1 Å². The van der Waals surface area contributed by atoms with E-state index in [-0.39, 0.29) is 25.6 Å². The molecule has 0 radical (unpaired) electrons. The van der Waals surface area contributed by atoms with Crippen molar-refractivity contribution in [2.24, 2.45) is 0 Å². The summed E-state index contributed by atoms with van der Waals surface area (Å²) in [4.78, 5) is 28.8. The predicted octanol–water partition coefficient (Wildman–Crippen LogP) is 6.97. The lowest BCUT2D eigenvalue weighted by atomic mass is 9.83. The van der Waals surface area contributed by atoms with E-state index in [0.29, 0.717) is 23.3 Å². The Morgan fingerprint density at radius 3 is 2.05 bits per heavy atom. The Morgan fingerprint density at radius 1 is 0.975 bits per heavy atom. The molecule has 1 heterocycles. The zero-order chi connectivity index (χ0) is 30.2. The number of benzene rings is 2. The standard InChI is InChI=1S/C28H31F7N2O3/c1-16-10-20(29)6-7-21(16)22-15-37(25(39)40-26(2,3)4)9-8-23(22)36(5)24(38)13-17-11-18(27(30,31)32)14-19(12-17)28(33,34)35/h6-7,10-12,14,22-23H,8-9,13,15H2,1-5H3/t22-,23+/m0/s1. The molecule has 1 fully saturated rings. The van der Waals surface area contributed by atoms with Gasteiger partial charge in [0.2, 0.25) is 5.91 Å². The number of hydrogen-bond donors (Lipinski definition) is 0. The maximum Gasteiger partial charge on any atom is 0.416 e. The van der Waals surface area contributed by atoms with E-state index in [1.807, 2.05) is 0 Å². The maximum atomic E-state index is 13.9. The third-order valence-electron chi connectivity index (χ3n) is 6.75. The molecule has 40 heavy (non-hydrogen) atoms. The van der Waals surface area contributed by atoms with Crippen molar-refractivity contribution in [3.05, 3.63) is 70.0 Å². The Morgan fingerprint density at radius 2 is 1.55 bits per heavy atom. The Balaban J connectivity index is 1.92. The number of hydrogen-bond acceptors (Lipinski definition) is 3. The average Bonchev–Trinajstić information content (AvgIpc) is 2.81. The van der Waals surface area contributed by atoms with Crippen LogP contribution in [0.15, 0.2) is 36.4 Å². The molecule has 1 saturated heterocycles. The van der Waals surface area contributed by atoms with Gasteiger partial charge in [0.05, 0.1) is 17.5 Å². The number of nitrogens with zero attached hydrogens (tertiary/aromatic N) is 2. The highest BCUT2D eigenvalue weighted by molar-refractivity contribution is 5.79. The molecule has 0 saturated carbocycles. The van der Waals surface area contributed by atoms with Crippen LogP contribution in [0.1, 0.15) is 60.9 Å². The molecule has 0 unspecified atom stereocenters. The van der Waals surface area contributed by atoms with Crippen molar-refractivity contribution in [3.63, 3.8) is 0 Å². The van der Waals surface area contributed by atoms with Gasteiger partial charge in [0.15, 0.2) is 0 Å². The first-order valence-electron chi connectivity index (χ1n) is 12.5. The average molecular weight is 577 g/mol. The minimum Gasteiger partial charge on any atom is -0.444 e. The van der Waals surface area contributed by atoms with Gasteiger partial charge in [-0.25, -0.2) is 9.18 Å². The van der Waals surface area contributed by atoms with Gasteiger partial charge in [0, 0.05) is 32.1 Å². The van der Waals surface area contributed by atoms with E-state index in [0.717, 1.165) is 0 Å². The summed E-state index contributed by atoms with van der Waals surface area (Å²) >= 11 is 0. The summed E-state index contributed by atoms with van der Waals surface area (Å²) < 4.78 is 99.1. The van der Waals surface area contributed by atoms with Crippen molar-refractivity contribution in [1.29, 1.82) is 0 Å². The molecule has 1 aliphatic heterocycles. The number of amides is 2. The summed E-state index contributed by atoms with van der Waals surface area (Å²) in [6.45, 7) is 7.10. The van der Waals surface area contributed by atoms with E-state index in [2.05, 4.69) is 0 Å². The summed E-state index contributed by atoms with van der Waals surface area (Å²) in [5, 5.41) is 0. The van der Waals surface area contributed by atoms with Crippen molar-refractivity contribution in [2.75, 3.05) is 20.1 Å². The van der Waals surface area contributed by atoms with Crippen molar-refractivity contribution in [2.45, 2.75) is 70.4 Å². The molecule has 0 bridgehead atoms. The molecule has 2 atom stereocenters. The molecule has 0 aromatic heterocycles. The molecule has 2 aromatic carbocycles. The molecule has 2 aromatic rings. The molecular formula is C28H31F7N2O3. The molecule has 0 spiro atoms. The van der Waals surface area contributed by atoms with Crippen molar-refractivity contribution < 1.29 is 45.1 Å². The minimum absolute atomic E-state index is 0.0113. The number of likely N-dealkylation sites (tertiary alicyclic amines) is 1. The molecular weight excluding hydrogens is 545 g/mol. The van der Waals surface area contributed by atoms with Crippen LogP contribution in [0.5, 0.6) is 0 Å². The van der Waals surface area contributed by atoms with Crippen LogP contribution in [0.25, 0.3) is 0 Å². The van der Waals surface area contributed by atoms with Crippen LogP contribution in [-0.2, 0) is 28.3 Å². The van der Waals surface area contributed by atoms with E-state index >= 15 is 0 Å². The highest BCUT2D eigenvalue weighted by atomic mass is 19.4. The molecule has 1 aliphatic rings. The second-order valence-corrected chi connectivity index (χ2v) is 11.0. The number of rotatable bonds is 4. The van der Waals surface area contributed by atoms with E-state index in [9.17, 15) is 40.3 Å². The number of piperidine rings is 1. The molecule has 0 N–H and O–H groups in total. The van der Waals surface area contributed by atoms with Gasteiger partial charge < -0.3 is 14.5 Å². The van der Waals surface area contributed by atoms with Gasteiger partial charge in [-0.1, -0.05) is 6.07 Å². The lowest BCUT2D eigenvalue weighted by Crippen LogP contribution is -2.53. The third kappa shape index (κ3) is 7.66. The Kier molecular flexibility index (Phi) is 8.81. The van der Waals surface area contributed by atoms with Crippen molar-refractivity contribution >= 4 is 12.0 Å². The quantitative estimate of drug-likeness (QED) is 0.370. The van der Waals surface area contributed by atoms with E-state index in [4.69, 9.17) is 4.74 Å². The monoisotopic (exact) mass is 576 g/mol. The number of alkyl halides is 6.